The molecule has 4 rings (SSSR count). The Kier molecular flexibility index (Phi) is 5.58. The van der Waals surface area contributed by atoms with Gasteiger partial charge in [0.25, 0.3) is 0 Å². The molecule has 28 heavy (non-hydrogen) atoms. The van der Waals surface area contributed by atoms with Crippen molar-refractivity contribution in [3.63, 3.8) is 0 Å². The van der Waals surface area contributed by atoms with Crippen LogP contribution in [0.15, 0.2) is 61.1 Å². The van der Waals surface area contributed by atoms with Crippen molar-refractivity contribution in [1.82, 2.24) is 30.2 Å². The van der Waals surface area contributed by atoms with E-state index in [1.165, 1.54) is 0 Å². The first-order valence-electron chi connectivity index (χ1n) is 9.43. The molecule has 1 aromatic carbocycles. The van der Waals surface area contributed by atoms with Gasteiger partial charge in [-0.05, 0) is 43.2 Å². The lowest BCUT2D eigenvalue weighted by Crippen LogP contribution is -2.45. The second kappa shape index (κ2) is 8.62. The van der Waals surface area contributed by atoms with E-state index >= 15 is 0 Å². The zero-order valence-corrected chi connectivity index (χ0v) is 15.5. The van der Waals surface area contributed by atoms with Crippen LogP contribution in [0.5, 0.6) is 0 Å². The number of amides is 2. The SMILES string of the molecule is O=C(Nc1cccc(-n2ccnn2)c1)NC1CCN(Cc2ccccn2)CC1. The summed E-state index contributed by atoms with van der Waals surface area (Å²) >= 11 is 0. The van der Waals surface area contributed by atoms with Crippen molar-refractivity contribution < 1.29 is 4.79 Å². The Hall–Kier alpha value is -3.26. The Labute approximate surface area is 163 Å². The number of rotatable bonds is 5. The van der Waals surface area contributed by atoms with Crippen molar-refractivity contribution in [2.45, 2.75) is 25.4 Å². The predicted molar refractivity (Wildman–Crippen MR) is 106 cm³/mol. The lowest BCUT2D eigenvalue weighted by atomic mass is 10.1. The molecule has 0 bridgehead atoms. The fourth-order valence-electron chi connectivity index (χ4n) is 3.38. The molecule has 0 radical (unpaired) electrons. The molecular weight excluding hydrogens is 354 g/mol. The molecule has 0 aliphatic carbocycles. The number of urea groups is 1. The highest BCUT2D eigenvalue weighted by molar-refractivity contribution is 5.89. The summed E-state index contributed by atoms with van der Waals surface area (Å²) in [5.74, 6) is 0. The lowest BCUT2D eigenvalue weighted by molar-refractivity contribution is 0.188. The molecule has 0 unspecified atom stereocenters. The average molecular weight is 377 g/mol. The summed E-state index contributed by atoms with van der Waals surface area (Å²) in [6, 6.07) is 13.5. The van der Waals surface area contributed by atoms with Gasteiger partial charge in [-0.2, -0.15) is 0 Å². The average Bonchev–Trinajstić information content (AvgIpc) is 3.25. The van der Waals surface area contributed by atoms with Gasteiger partial charge in [0.15, 0.2) is 0 Å². The molecule has 144 valence electrons. The van der Waals surface area contributed by atoms with Crippen LogP contribution in [0.25, 0.3) is 5.69 Å². The van der Waals surface area contributed by atoms with Crippen molar-refractivity contribution in [2.75, 3.05) is 18.4 Å². The van der Waals surface area contributed by atoms with E-state index in [9.17, 15) is 4.79 Å². The third kappa shape index (κ3) is 4.72. The predicted octanol–water partition coefficient (Wildman–Crippen LogP) is 2.45. The fraction of sp³-hybridized carbons (Fsp3) is 0.300. The van der Waals surface area contributed by atoms with Crippen LogP contribution >= 0.6 is 0 Å². The van der Waals surface area contributed by atoms with Crippen LogP contribution in [0, 0.1) is 0 Å². The van der Waals surface area contributed by atoms with Crippen molar-refractivity contribution in [3.05, 3.63) is 66.7 Å². The van der Waals surface area contributed by atoms with E-state index in [-0.39, 0.29) is 12.1 Å². The topological polar surface area (TPSA) is 88.0 Å². The van der Waals surface area contributed by atoms with E-state index < -0.39 is 0 Å². The summed E-state index contributed by atoms with van der Waals surface area (Å²) in [5, 5.41) is 13.8. The Bertz CT molecular complexity index is 890. The first kappa shape index (κ1) is 18.1. The van der Waals surface area contributed by atoms with Gasteiger partial charge < -0.3 is 10.6 Å². The summed E-state index contributed by atoms with van der Waals surface area (Å²) in [6.45, 7) is 2.75. The van der Waals surface area contributed by atoms with E-state index in [1.807, 2.05) is 48.7 Å². The molecule has 0 atom stereocenters. The molecule has 2 aromatic heterocycles. The fourth-order valence-corrected chi connectivity index (χ4v) is 3.38. The summed E-state index contributed by atoms with van der Waals surface area (Å²) in [4.78, 5) is 19.1. The van der Waals surface area contributed by atoms with E-state index in [2.05, 4.69) is 30.8 Å². The van der Waals surface area contributed by atoms with E-state index in [0.29, 0.717) is 0 Å². The quantitative estimate of drug-likeness (QED) is 0.713. The second-order valence-electron chi connectivity index (χ2n) is 6.87. The smallest absolute Gasteiger partial charge is 0.319 e. The molecule has 1 aliphatic rings. The monoisotopic (exact) mass is 377 g/mol. The third-order valence-corrected chi connectivity index (χ3v) is 4.83. The number of likely N-dealkylation sites (tertiary alicyclic amines) is 1. The highest BCUT2D eigenvalue weighted by atomic mass is 16.2. The van der Waals surface area contributed by atoms with Gasteiger partial charge in [0.2, 0.25) is 0 Å². The molecule has 0 saturated carbocycles. The largest absolute Gasteiger partial charge is 0.335 e. The van der Waals surface area contributed by atoms with Crippen molar-refractivity contribution in [2.24, 2.45) is 0 Å². The minimum atomic E-state index is -0.182. The maximum atomic E-state index is 12.4. The first-order valence-corrected chi connectivity index (χ1v) is 9.43. The van der Waals surface area contributed by atoms with Crippen molar-refractivity contribution in [3.8, 4) is 5.69 Å². The second-order valence-corrected chi connectivity index (χ2v) is 6.87. The number of carbonyl (C=O) groups is 1. The molecule has 0 spiro atoms. The normalized spacial score (nSPS) is 15.3. The van der Waals surface area contributed by atoms with Crippen LogP contribution in [-0.4, -0.2) is 50.0 Å². The Morgan fingerprint density at radius 1 is 1.11 bits per heavy atom. The molecule has 1 aliphatic heterocycles. The van der Waals surface area contributed by atoms with Gasteiger partial charge >= 0.3 is 6.03 Å². The number of hydrogen-bond acceptors (Lipinski definition) is 5. The number of carbonyl (C=O) groups excluding carboxylic acids is 1. The maximum Gasteiger partial charge on any atom is 0.319 e. The molecule has 1 saturated heterocycles. The van der Waals surface area contributed by atoms with Gasteiger partial charge in [0.1, 0.15) is 0 Å². The molecule has 8 heteroatoms. The molecule has 1 fully saturated rings. The number of hydrogen-bond donors (Lipinski definition) is 2. The Morgan fingerprint density at radius 2 is 2.00 bits per heavy atom. The molecular formula is C20H23N7O. The summed E-state index contributed by atoms with van der Waals surface area (Å²) in [6.07, 6.45) is 7.06. The first-order chi connectivity index (χ1) is 13.8. The number of aromatic nitrogens is 4. The Balaban J connectivity index is 1.25. The highest BCUT2D eigenvalue weighted by Crippen LogP contribution is 2.15. The maximum absolute atomic E-state index is 12.4. The van der Waals surface area contributed by atoms with Crippen molar-refractivity contribution >= 4 is 11.7 Å². The Morgan fingerprint density at radius 3 is 2.75 bits per heavy atom. The van der Waals surface area contributed by atoms with Crippen LogP contribution < -0.4 is 10.6 Å². The molecule has 3 aromatic rings. The van der Waals surface area contributed by atoms with Crippen LogP contribution in [-0.2, 0) is 6.54 Å². The summed E-state index contributed by atoms with van der Waals surface area (Å²) < 4.78 is 1.65. The van der Waals surface area contributed by atoms with Gasteiger partial charge in [-0.15, -0.1) is 5.10 Å². The zero-order chi connectivity index (χ0) is 19.2. The van der Waals surface area contributed by atoms with Crippen molar-refractivity contribution in [1.29, 1.82) is 0 Å². The molecule has 8 nitrogen and oxygen atoms in total. The van der Waals surface area contributed by atoms with E-state index in [4.69, 9.17) is 0 Å². The molecule has 2 amide bonds. The molecule has 2 N–H and O–H groups in total. The van der Waals surface area contributed by atoms with Gasteiger partial charge in [0.05, 0.1) is 23.8 Å². The van der Waals surface area contributed by atoms with Gasteiger partial charge in [-0.25, -0.2) is 9.48 Å². The summed E-state index contributed by atoms with van der Waals surface area (Å²) in [5.41, 5.74) is 2.65. The van der Waals surface area contributed by atoms with Crippen LogP contribution in [0.4, 0.5) is 10.5 Å². The number of anilines is 1. The number of nitrogens with zero attached hydrogens (tertiary/aromatic N) is 5. The minimum absolute atomic E-state index is 0.179. The minimum Gasteiger partial charge on any atom is -0.335 e. The highest BCUT2D eigenvalue weighted by Gasteiger charge is 2.21. The number of benzene rings is 1. The zero-order valence-electron chi connectivity index (χ0n) is 15.5. The van der Waals surface area contributed by atoms with E-state index in [0.717, 1.165) is 49.5 Å². The van der Waals surface area contributed by atoms with Crippen LogP contribution in [0.3, 0.4) is 0 Å². The number of nitrogens with one attached hydrogen (secondary N) is 2. The number of pyridine rings is 1. The van der Waals surface area contributed by atoms with Gasteiger partial charge in [-0.1, -0.05) is 17.3 Å². The van der Waals surface area contributed by atoms with Gasteiger partial charge in [-0.3, -0.25) is 9.88 Å². The van der Waals surface area contributed by atoms with Gasteiger partial charge in [0, 0.05) is 37.6 Å². The lowest BCUT2D eigenvalue weighted by Gasteiger charge is -2.32. The summed E-state index contributed by atoms with van der Waals surface area (Å²) in [7, 11) is 0. The van der Waals surface area contributed by atoms with Crippen LogP contribution in [0.2, 0.25) is 0 Å². The third-order valence-electron chi connectivity index (χ3n) is 4.83. The molecule has 3 heterocycles. The van der Waals surface area contributed by atoms with E-state index in [1.54, 1.807) is 17.1 Å². The number of piperidine rings is 1. The van der Waals surface area contributed by atoms with Crippen LogP contribution in [0.1, 0.15) is 18.5 Å². The standard InChI is InChI=1S/C20H23N7O/c28-20(24-17-5-3-6-19(14-17)27-13-10-22-25-27)23-16-7-11-26(12-8-16)15-18-4-1-2-9-21-18/h1-6,9-10,13-14,16H,7-8,11-12,15H2,(H2,23,24,28).